The van der Waals surface area contributed by atoms with E-state index in [0.29, 0.717) is 22.2 Å². The number of anilines is 1. The van der Waals surface area contributed by atoms with E-state index in [1.165, 1.54) is 18.2 Å². The van der Waals surface area contributed by atoms with Crippen molar-refractivity contribution in [2.24, 2.45) is 5.92 Å². The number of aromatic amines is 1. The molecule has 1 atom stereocenters. The molecule has 0 fully saturated rings. The van der Waals surface area contributed by atoms with Crippen molar-refractivity contribution in [3.63, 3.8) is 0 Å². The van der Waals surface area contributed by atoms with E-state index in [9.17, 15) is 14.0 Å². The molecule has 31 heavy (non-hydrogen) atoms. The minimum atomic E-state index is -0.554. The van der Waals surface area contributed by atoms with E-state index in [1.807, 2.05) is 19.9 Å². The molecule has 162 valence electrons. The summed E-state index contributed by atoms with van der Waals surface area (Å²) in [5.41, 5.74) is 0.955. The fourth-order valence-electron chi connectivity index (χ4n) is 2.73. The highest BCUT2D eigenvalue weighted by Gasteiger charge is 2.23. The number of H-pyrrole nitrogens is 1. The van der Waals surface area contributed by atoms with Gasteiger partial charge in [0.05, 0.1) is 16.8 Å². The van der Waals surface area contributed by atoms with Gasteiger partial charge in [0.1, 0.15) is 11.6 Å². The third kappa shape index (κ3) is 6.28. The molecule has 0 spiro atoms. The van der Waals surface area contributed by atoms with E-state index in [-0.39, 0.29) is 34.5 Å². The second-order valence-electron chi connectivity index (χ2n) is 7.03. The summed E-state index contributed by atoms with van der Waals surface area (Å²) >= 11 is 6.85. The Balaban J connectivity index is 1.59. The maximum Gasteiger partial charge on any atom is 0.251 e. The SMILES string of the molecule is CC(C)C(NC(=O)c1ccccc1)c1nc(SCC(=O)Nc2ccc(F)c(Cl)c2)n[nH]1. The predicted octanol–water partition coefficient (Wildman–Crippen LogP) is 4.46. The molecule has 0 aliphatic heterocycles. The monoisotopic (exact) mass is 461 g/mol. The average molecular weight is 462 g/mol. The van der Waals surface area contributed by atoms with Crippen molar-refractivity contribution in [3.8, 4) is 0 Å². The maximum absolute atomic E-state index is 13.2. The van der Waals surface area contributed by atoms with Crippen LogP contribution in [0.5, 0.6) is 0 Å². The van der Waals surface area contributed by atoms with Crippen LogP contribution in [0.3, 0.4) is 0 Å². The Morgan fingerprint density at radius 1 is 1.19 bits per heavy atom. The van der Waals surface area contributed by atoms with Crippen LogP contribution in [0.25, 0.3) is 0 Å². The Morgan fingerprint density at radius 2 is 1.94 bits per heavy atom. The summed E-state index contributed by atoms with van der Waals surface area (Å²) in [5, 5.41) is 12.9. The van der Waals surface area contributed by atoms with Crippen molar-refractivity contribution >= 4 is 40.9 Å². The number of rotatable bonds is 8. The minimum absolute atomic E-state index is 0.0506. The molecule has 3 aromatic rings. The molecule has 3 rings (SSSR count). The first-order chi connectivity index (χ1) is 14.8. The van der Waals surface area contributed by atoms with Crippen LogP contribution >= 0.6 is 23.4 Å². The van der Waals surface area contributed by atoms with Crippen LogP contribution in [0.2, 0.25) is 5.02 Å². The van der Waals surface area contributed by atoms with Gasteiger partial charge in [0.2, 0.25) is 11.1 Å². The zero-order valence-electron chi connectivity index (χ0n) is 16.9. The minimum Gasteiger partial charge on any atom is -0.342 e. The van der Waals surface area contributed by atoms with Gasteiger partial charge in [-0.3, -0.25) is 14.7 Å². The van der Waals surface area contributed by atoms with E-state index in [1.54, 1.807) is 24.3 Å². The molecule has 0 saturated carbocycles. The molecule has 3 N–H and O–H groups in total. The zero-order valence-corrected chi connectivity index (χ0v) is 18.4. The van der Waals surface area contributed by atoms with E-state index in [2.05, 4.69) is 25.8 Å². The van der Waals surface area contributed by atoms with Crippen molar-refractivity contribution in [1.82, 2.24) is 20.5 Å². The summed E-state index contributed by atoms with van der Waals surface area (Å²) in [5.74, 6) is -0.451. The Hall–Kier alpha value is -2.91. The van der Waals surface area contributed by atoms with Gasteiger partial charge in [-0.1, -0.05) is 55.4 Å². The second kappa shape index (κ2) is 10.4. The average Bonchev–Trinajstić information content (AvgIpc) is 3.22. The Morgan fingerprint density at radius 3 is 2.61 bits per heavy atom. The van der Waals surface area contributed by atoms with E-state index in [0.717, 1.165) is 11.8 Å². The van der Waals surface area contributed by atoms with Crippen LogP contribution in [0.1, 0.15) is 36.1 Å². The third-order valence-corrected chi connectivity index (χ3v) is 5.44. The molecular formula is C21H21ClFN5O2S. The number of hydrogen-bond donors (Lipinski definition) is 3. The van der Waals surface area contributed by atoms with Crippen molar-refractivity contribution in [3.05, 3.63) is 70.8 Å². The number of thioether (sulfide) groups is 1. The highest BCUT2D eigenvalue weighted by Crippen LogP contribution is 2.23. The van der Waals surface area contributed by atoms with E-state index in [4.69, 9.17) is 11.6 Å². The first kappa shape index (κ1) is 22.8. The summed E-state index contributed by atoms with van der Waals surface area (Å²) in [6, 6.07) is 12.5. The predicted molar refractivity (Wildman–Crippen MR) is 119 cm³/mol. The highest BCUT2D eigenvalue weighted by atomic mass is 35.5. The molecule has 2 aromatic carbocycles. The topological polar surface area (TPSA) is 99.8 Å². The van der Waals surface area contributed by atoms with Gasteiger partial charge in [-0.05, 0) is 36.2 Å². The second-order valence-corrected chi connectivity index (χ2v) is 8.38. The molecule has 1 heterocycles. The molecule has 1 unspecified atom stereocenters. The quantitative estimate of drug-likeness (QED) is 0.430. The third-order valence-electron chi connectivity index (χ3n) is 4.30. The van der Waals surface area contributed by atoms with Crippen molar-refractivity contribution < 1.29 is 14.0 Å². The maximum atomic E-state index is 13.2. The lowest BCUT2D eigenvalue weighted by atomic mass is 10.0. The number of halogens is 2. The van der Waals surface area contributed by atoms with Gasteiger partial charge in [0.15, 0.2) is 0 Å². The lowest BCUT2D eigenvalue weighted by Gasteiger charge is -2.19. The number of benzene rings is 2. The molecule has 7 nitrogen and oxygen atoms in total. The van der Waals surface area contributed by atoms with Gasteiger partial charge < -0.3 is 10.6 Å². The normalized spacial score (nSPS) is 11.9. The van der Waals surface area contributed by atoms with Crippen LogP contribution in [0.4, 0.5) is 10.1 Å². The highest BCUT2D eigenvalue weighted by molar-refractivity contribution is 7.99. The molecule has 10 heteroatoms. The molecule has 1 aromatic heterocycles. The summed E-state index contributed by atoms with van der Waals surface area (Å²) in [6.45, 7) is 3.93. The van der Waals surface area contributed by atoms with Gasteiger partial charge in [-0.25, -0.2) is 9.37 Å². The Kier molecular flexibility index (Phi) is 7.64. The smallest absolute Gasteiger partial charge is 0.251 e. The van der Waals surface area contributed by atoms with Gasteiger partial charge in [0, 0.05) is 11.3 Å². The lowest BCUT2D eigenvalue weighted by molar-refractivity contribution is -0.113. The molecule has 2 amide bonds. The Bertz CT molecular complexity index is 1060. The van der Waals surface area contributed by atoms with Gasteiger partial charge in [-0.15, -0.1) is 5.10 Å². The Labute approximate surface area is 188 Å². The molecule has 0 saturated heterocycles. The fourth-order valence-corrected chi connectivity index (χ4v) is 3.51. The molecule has 0 radical (unpaired) electrons. The molecule has 0 bridgehead atoms. The first-order valence-corrected chi connectivity index (χ1v) is 10.9. The zero-order chi connectivity index (χ0) is 22.4. The van der Waals surface area contributed by atoms with Crippen LogP contribution in [-0.2, 0) is 4.79 Å². The van der Waals surface area contributed by atoms with Crippen LogP contribution in [0.15, 0.2) is 53.7 Å². The van der Waals surface area contributed by atoms with Crippen LogP contribution in [-0.4, -0.2) is 32.7 Å². The number of carbonyl (C=O) groups is 2. The number of hydrogen-bond acceptors (Lipinski definition) is 5. The summed E-state index contributed by atoms with van der Waals surface area (Å²) in [7, 11) is 0. The van der Waals surface area contributed by atoms with E-state index < -0.39 is 5.82 Å². The van der Waals surface area contributed by atoms with Crippen LogP contribution < -0.4 is 10.6 Å². The molecule has 0 aliphatic rings. The first-order valence-electron chi connectivity index (χ1n) is 9.49. The largest absolute Gasteiger partial charge is 0.342 e. The summed E-state index contributed by atoms with van der Waals surface area (Å²) in [4.78, 5) is 29.1. The van der Waals surface area contributed by atoms with Gasteiger partial charge in [-0.2, -0.15) is 0 Å². The number of nitrogens with one attached hydrogen (secondary N) is 3. The lowest BCUT2D eigenvalue weighted by Crippen LogP contribution is -2.32. The number of amides is 2. The number of aromatic nitrogens is 3. The van der Waals surface area contributed by atoms with Gasteiger partial charge >= 0.3 is 0 Å². The standard InChI is InChI=1S/C21H21ClFN5O2S/c1-12(2)18(25-20(30)13-6-4-3-5-7-13)19-26-21(28-27-19)31-11-17(29)24-14-8-9-16(23)15(22)10-14/h3-10,12,18H,11H2,1-2H3,(H,24,29)(H,25,30)(H,26,27,28). The number of nitrogens with zero attached hydrogens (tertiary/aromatic N) is 2. The summed E-state index contributed by atoms with van der Waals surface area (Å²) < 4.78 is 13.2. The van der Waals surface area contributed by atoms with Crippen LogP contribution in [0, 0.1) is 11.7 Å². The molecular weight excluding hydrogens is 441 g/mol. The van der Waals surface area contributed by atoms with E-state index >= 15 is 0 Å². The van der Waals surface area contributed by atoms with Crippen molar-refractivity contribution in [2.75, 3.05) is 11.1 Å². The van der Waals surface area contributed by atoms with Crippen molar-refractivity contribution in [1.29, 1.82) is 0 Å². The van der Waals surface area contributed by atoms with Crippen molar-refractivity contribution in [2.45, 2.75) is 25.0 Å². The molecule has 0 aliphatic carbocycles. The summed E-state index contributed by atoms with van der Waals surface area (Å²) in [6.07, 6.45) is 0. The number of carbonyl (C=O) groups excluding carboxylic acids is 2. The fraction of sp³-hybridized carbons (Fsp3) is 0.238. The van der Waals surface area contributed by atoms with Gasteiger partial charge in [0.25, 0.3) is 5.91 Å².